The zero-order valence-electron chi connectivity index (χ0n) is 17.2. The van der Waals surface area contributed by atoms with Gasteiger partial charge in [0.25, 0.3) is 5.91 Å². The summed E-state index contributed by atoms with van der Waals surface area (Å²) >= 11 is 8.47. The average Bonchev–Trinajstić information content (AvgIpc) is 3.00. The van der Waals surface area contributed by atoms with Crippen LogP contribution in [0.15, 0.2) is 41.3 Å². The second kappa shape index (κ2) is 10.4. The number of thioether (sulfide) groups is 1. The summed E-state index contributed by atoms with van der Waals surface area (Å²) in [5.74, 6) is 0.731. The van der Waals surface area contributed by atoms with Crippen LogP contribution in [0.25, 0.3) is 6.08 Å². The van der Waals surface area contributed by atoms with Crippen LogP contribution in [0.3, 0.4) is 0 Å². The molecule has 1 amide bonds. The van der Waals surface area contributed by atoms with Crippen LogP contribution in [0.4, 0.5) is 18.9 Å². The molecule has 170 valence electrons. The van der Waals surface area contributed by atoms with Crippen molar-refractivity contribution in [3.05, 3.63) is 56.0 Å². The predicted octanol–water partition coefficient (Wildman–Crippen LogP) is 6.90. The topological polar surface area (TPSA) is 38.8 Å². The zero-order chi connectivity index (χ0) is 23.5. The minimum absolute atomic E-state index is 0.0821. The summed E-state index contributed by atoms with van der Waals surface area (Å²) < 4.78 is 51.8. The van der Waals surface area contributed by atoms with E-state index in [0.717, 1.165) is 38.8 Å². The molecule has 0 aromatic heterocycles. The van der Waals surface area contributed by atoms with Gasteiger partial charge in [0.2, 0.25) is 0 Å². The summed E-state index contributed by atoms with van der Waals surface area (Å²) in [6.07, 6.45) is -2.01. The SMILES string of the molecule is CCCOc1c(I)cc(/C=C2/SC(=S)N(c3cccc(C(F)(F)F)c3)C2=O)cc1OCC. The summed E-state index contributed by atoms with van der Waals surface area (Å²) in [6.45, 7) is 4.86. The zero-order valence-corrected chi connectivity index (χ0v) is 21.0. The predicted molar refractivity (Wildman–Crippen MR) is 133 cm³/mol. The van der Waals surface area contributed by atoms with Gasteiger partial charge in [-0.2, -0.15) is 13.2 Å². The fraction of sp³-hybridized carbons (Fsp3) is 0.273. The van der Waals surface area contributed by atoms with Gasteiger partial charge >= 0.3 is 6.18 Å². The molecule has 0 aliphatic carbocycles. The second-order valence-corrected chi connectivity index (χ2v) is 9.51. The molecule has 0 unspecified atom stereocenters. The lowest BCUT2D eigenvalue weighted by molar-refractivity contribution is -0.137. The summed E-state index contributed by atoms with van der Waals surface area (Å²) in [5.41, 5.74) is -0.0588. The Bertz CT molecular complexity index is 1070. The van der Waals surface area contributed by atoms with E-state index in [1.54, 1.807) is 12.1 Å². The first kappa shape index (κ1) is 24.8. The van der Waals surface area contributed by atoms with Crippen LogP contribution >= 0.6 is 46.6 Å². The fourth-order valence-corrected chi connectivity index (χ4v) is 5.02. The van der Waals surface area contributed by atoms with Crippen molar-refractivity contribution >= 4 is 68.6 Å². The third kappa shape index (κ3) is 5.57. The number of hydrogen-bond acceptors (Lipinski definition) is 5. The Morgan fingerprint density at radius 1 is 1.19 bits per heavy atom. The first-order valence-electron chi connectivity index (χ1n) is 9.70. The highest BCUT2D eigenvalue weighted by Crippen LogP contribution is 2.40. The first-order valence-corrected chi connectivity index (χ1v) is 12.0. The molecular weight excluding hydrogens is 574 g/mol. The Hall–Kier alpha value is -1.79. The molecule has 1 heterocycles. The maximum atomic E-state index is 13.1. The minimum atomic E-state index is -4.51. The van der Waals surface area contributed by atoms with Crippen LogP contribution in [0.2, 0.25) is 0 Å². The number of alkyl halides is 3. The minimum Gasteiger partial charge on any atom is -0.490 e. The molecule has 1 aliphatic heterocycles. The van der Waals surface area contributed by atoms with E-state index >= 15 is 0 Å². The highest BCUT2D eigenvalue weighted by molar-refractivity contribution is 14.1. The number of ether oxygens (including phenoxy) is 2. The van der Waals surface area contributed by atoms with E-state index in [4.69, 9.17) is 21.7 Å². The number of thiocarbonyl (C=S) groups is 1. The largest absolute Gasteiger partial charge is 0.490 e. The molecule has 10 heteroatoms. The Labute approximate surface area is 207 Å². The second-order valence-electron chi connectivity index (χ2n) is 6.68. The number of carbonyl (C=O) groups is 1. The van der Waals surface area contributed by atoms with E-state index in [1.807, 2.05) is 19.9 Å². The van der Waals surface area contributed by atoms with Gasteiger partial charge in [-0.3, -0.25) is 9.69 Å². The molecule has 32 heavy (non-hydrogen) atoms. The van der Waals surface area contributed by atoms with Gasteiger partial charge in [0, 0.05) is 0 Å². The van der Waals surface area contributed by atoms with E-state index < -0.39 is 17.6 Å². The summed E-state index contributed by atoms with van der Waals surface area (Å²) in [5, 5.41) is 0. The number of carbonyl (C=O) groups excluding carboxylic acids is 1. The highest BCUT2D eigenvalue weighted by Gasteiger charge is 2.36. The number of nitrogens with zero attached hydrogens (tertiary/aromatic N) is 1. The van der Waals surface area contributed by atoms with Crippen molar-refractivity contribution in [2.75, 3.05) is 18.1 Å². The lowest BCUT2D eigenvalue weighted by atomic mass is 10.1. The number of halogens is 4. The molecular formula is C22H19F3INO3S2. The van der Waals surface area contributed by atoms with Crippen molar-refractivity contribution in [2.24, 2.45) is 0 Å². The van der Waals surface area contributed by atoms with Gasteiger partial charge in [0.1, 0.15) is 0 Å². The molecule has 0 bridgehead atoms. The summed E-state index contributed by atoms with van der Waals surface area (Å²) in [4.78, 5) is 14.4. The Morgan fingerprint density at radius 2 is 1.94 bits per heavy atom. The fourth-order valence-electron chi connectivity index (χ4n) is 2.94. The molecule has 0 N–H and O–H groups in total. The van der Waals surface area contributed by atoms with Crippen LogP contribution < -0.4 is 14.4 Å². The van der Waals surface area contributed by atoms with E-state index in [-0.39, 0.29) is 10.0 Å². The van der Waals surface area contributed by atoms with Crippen LogP contribution in [0.1, 0.15) is 31.4 Å². The third-order valence-electron chi connectivity index (χ3n) is 4.31. The van der Waals surface area contributed by atoms with Gasteiger partial charge in [0.05, 0.1) is 32.9 Å². The number of hydrogen-bond donors (Lipinski definition) is 0. The van der Waals surface area contributed by atoms with Crippen LogP contribution in [-0.2, 0) is 11.0 Å². The van der Waals surface area contributed by atoms with Gasteiger partial charge < -0.3 is 9.47 Å². The molecule has 1 saturated heterocycles. The number of anilines is 1. The summed E-state index contributed by atoms with van der Waals surface area (Å²) in [6, 6.07) is 8.18. The van der Waals surface area contributed by atoms with Crippen molar-refractivity contribution in [1.29, 1.82) is 0 Å². The van der Waals surface area contributed by atoms with Crippen LogP contribution in [0, 0.1) is 3.57 Å². The lowest BCUT2D eigenvalue weighted by Crippen LogP contribution is -2.27. The van der Waals surface area contributed by atoms with E-state index in [2.05, 4.69) is 22.6 Å². The highest BCUT2D eigenvalue weighted by atomic mass is 127. The molecule has 0 saturated carbocycles. The van der Waals surface area contributed by atoms with Gasteiger partial charge in [-0.15, -0.1) is 0 Å². The number of rotatable bonds is 7. The monoisotopic (exact) mass is 593 g/mol. The third-order valence-corrected chi connectivity index (χ3v) is 6.41. The average molecular weight is 593 g/mol. The molecule has 2 aromatic carbocycles. The van der Waals surface area contributed by atoms with Gasteiger partial charge in [-0.25, -0.2) is 0 Å². The maximum absolute atomic E-state index is 13.1. The molecule has 0 spiro atoms. The van der Waals surface area contributed by atoms with Crippen molar-refractivity contribution < 1.29 is 27.4 Å². The molecule has 3 rings (SSSR count). The van der Waals surface area contributed by atoms with Crippen molar-refractivity contribution in [1.82, 2.24) is 0 Å². The lowest BCUT2D eigenvalue weighted by Gasteiger charge is -2.16. The van der Waals surface area contributed by atoms with Crippen molar-refractivity contribution in [3.8, 4) is 11.5 Å². The Kier molecular flexibility index (Phi) is 8.10. The molecule has 0 radical (unpaired) electrons. The molecule has 2 aromatic rings. The van der Waals surface area contributed by atoms with Crippen molar-refractivity contribution in [3.63, 3.8) is 0 Å². The molecule has 4 nitrogen and oxygen atoms in total. The van der Waals surface area contributed by atoms with Gasteiger partial charge in [-0.1, -0.05) is 37.0 Å². The Balaban J connectivity index is 1.94. The quantitative estimate of drug-likeness (QED) is 0.198. The number of benzene rings is 2. The van der Waals surface area contributed by atoms with E-state index in [9.17, 15) is 18.0 Å². The molecule has 0 atom stereocenters. The van der Waals surface area contributed by atoms with Crippen LogP contribution in [-0.4, -0.2) is 23.4 Å². The normalized spacial score (nSPS) is 15.6. The number of amides is 1. The van der Waals surface area contributed by atoms with Gasteiger partial charge in [-0.05, 0) is 77.9 Å². The van der Waals surface area contributed by atoms with Gasteiger partial charge in [0.15, 0.2) is 15.8 Å². The smallest absolute Gasteiger partial charge is 0.416 e. The van der Waals surface area contributed by atoms with Crippen LogP contribution in [0.5, 0.6) is 11.5 Å². The van der Waals surface area contributed by atoms with E-state index in [0.29, 0.717) is 35.2 Å². The molecule has 1 aliphatic rings. The summed E-state index contributed by atoms with van der Waals surface area (Å²) in [7, 11) is 0. The first-order chi connectivity index (χ1) is 15.2. The molecule has 1 fully saturated rings. The standard InChI is InChI=1S/C22H19F3INO3S2/c1-3-8-30-19-16(26)9-13(10-17(19)29-4-2)11-18-20(28)27(21(31)32-18)15-7-5-6-14(12-15)22(23,24)25/h5-7,9-12H,3-4,8H2,1-2H3/b18-11+. The maximum Gasteiger partial charge on any atom is 0.416 e. The Morgan fingerprint density at radius 3 is 2.59 bits per heavy atom. The van der Waals surface area contributed by atoms with E-state index in [1.165, 1.54) is 12.1 Å². The van der Waals surface area contributed by atoms with Crippen molar-refractivity contribution in [2.45, 2.75) is 26.4 Å².